The van der Waals surface area contributed by atoms with Gasteiger partial charge in [-0.1, -0.05) is 25.6 Å². The number of carbonyl (C=O) groups is 1. The van der Waals surface area contributed by atoms with Crippen LogP contribution in [0.25, 0.3) is 11.6 Å². The van der Waals surface area contributed by atoms with Crippen LogP contribution in [0.4, 0.5) is 18.9 Å². The molecule has 0 aliphatic heterocycles. The quantitative estimate of drug-likeness (QED) is 0.544. The van der Waals surface area contributed by atoms with E-state index in [-0.39, 0.29) is 11.7 Å². The highest BCUT2D eigenvalue weighted by Crippen LogP contribution is 2.30. The van der Waals surface area contributed by atoms with Crippen LogP contribution in [0.15, 0.2) is 52.2 Å². The van der Waals surface area contributed by atoms with Crippen molar-refractivity contribution in [3.63, 3.8) is 0 Å². The van der Waals surface area contributed by atoms with Gasteiger partial charge in [-0.2, -0.15) is 13.2 Å². The van der Waals surface area contributed by atoms with Crippen LogP contribution >= 0.6 is 11.8 Å². The van der Waals surface area contributed by atoms with Crippen LogP contribution in [-0.2, 0) is 17.5 Å². The number of anilines is 1. The fourth-order valence-corrected chi connectivity index (χ4v) is 3.33. The predicted octanol–water partition coefficient (Wildman–Crippen LogP) is 4.94. The first-order chi connectivity index (χ1) is 13.7. The van der Waals surface area contributed by atoms with Crippen molar-refractivity contribution < 1.29 is 22.4 Å². The SMILES string of the molecule is CC(C)Cn1c(SCC(=O)Nc2ccc(C(F)(F)F)cc2)nnc1-c1ccco1. The molecule has 0 fully saturated rings. The van der Waals surface area contributed by atoms with Crippen molar-refractivity contribution in [2.24, 2.45) is 5.92 Å². The normalized spacial score (nSPS) is 11.8. The third kappa shape index (κ3) is 5.41. The number of aromatic nitrogens is 3. The second kappa shape index (κ2) is 8.73. The average Bonchev–Trinajstić information content (AvgIpc) is 3.29. The summed E-state index contributed by atoms with van der Waals surface area (Å²) in [5.74, 6) is 1.16. The van der Waals surface area contributed by atoms with Gasteiger partial charge in [-0.25, -0.2) is 0 Å². The highest BCUT2D eigenvalue weighted by molar-refractivity contribution is 7.99. The summed E-state index contributed by atoms with van der Waals surface area (Å²) in [6, 6.07) is 7.85. The summed E-state index contributed by atoms with van der Waals surface area (Å²) < 4.78 is 45.1. The van der Waals surface area contributed by atoms with Gasteiger partial charge in [0.15, 0.2) is 16.7 Å². The summed E-state index contributed by atoms with van der Waals surface area (Å²) in [4.78, 5) is 12.2. The number of benzene rings is 1. The van der Waals surface area contributed by atoms with E-state index in [0.29, 0.717) is 34.9 Å². The smallest absolute Gasteiger partial charge is 0.416 e. The first-order valence-corrected chi connectivity index (χ1v) is 9.79. The molecule has 2 heterocycles. The molecule has 0 bridgehead atoms. The van der Waals surface area contributed by atoms with E-state index < -0.39 is 11.7 Å². The van der Waals surface area contributed by atoms with Gasteiger partial charge in [0.2, 0.25) is 5.91 Å². The molecular weight excluding hydrogens is 405 g/mol. The number of halogens is 3. The molecule has 0 atom stereocenters. The minimum atomic E-state index is -4.41. The van der Waals surface area contributed by atoms with E-state index in [1.54, 1.807) is 18.4 Å². The van der Waals surface area contributed by atoms with Crippen molar-refractivity contribution >= 4 is 23.4 Å². The Labute approximate surface area is 169 Å². The molecule has 1 amide bonds. The van der Waals surface area contributed by atoms with Gasteiger partial charge in [-0.15, -0.1) is 10.2 Å². The fraction of sp³-hybridized carbons (Fsp3) is 0.316. The van der Waals surface area contributed by atoms with E-state index in [2.05, 4.69) is 29.4 Å². The van der Waals surface area contributed by atoms with E-state index in [1.807, 2.05) is 4.57 Å². The second-order valence-corrected chi connectivity index (χ2v) is 7.64. The van der Waals surface area contributed by atoms with Crippen LogP contribution in [0.1, 0.15) is 19.4 Å². The Morgan fingerprint density at radius 3 is 2.52 bits per heavy atom. The van der Waals surface area contributed by atoms with Gasteiger partial charge in [0.1, 0.15) is 0 Å². The Kier molecular flexibility index (Phi) is 6.31. The van der Waals surface area contributed by atoms with Crippen molar-refractivity contribution in [2.45, 2.75) is 31.7 Å². The van der Waals surface area contributed by atoms with Gasteiger partial charge in [-0.05, 0) is 42.3 Å². The zero-order valence-corrected chi connectivity index (χ0v) is 16.5. The summed E-state index contributed by atoms with van der Waals surface area (Å²) >= 11 is 1.20. The van der Waals surface area contributed by atoms with Crippen molar-refractivity contribution in [3.05, 3.63) is 48.2 Å². The number of amides is 1. The Bertz CT molecular complexity index is 951. The van der Waals surface area contributed by atoms with Crippen molar-refractivity contribution in [1.29, 1.82) is 0 Å². The molecule has 6 nitrogen and oxygen atoms in total. The summed E-state index contributed by atoms with van der Waals surface area (Å²) in [6.07, 6.45) is -2.86. The van der Waals surface area contributed by atoms with Crippen LogP contribution in [0.3, 0.4) is 0 Å². The van der Waals surface area contributed by atoms with Gasteiger partial charge in [0.05, 0.1) is 17.6 Å². The lowest BCUT2D eigenvalue weighted by Gasteiger charge is -2.11. The minimum Gasteiger partial charge on any atom is -0.461 e. The van der Waals surface area contributed by atoms with E-state index in [0.717, 1.165) is 12.1 Å². The lowest BCUT2D eigenvalue weighted by molar-refractivity contribution is -0.137. The number of carbonyl (C=O) groups excluding carboxylic acids is 1. The maximum Gasteiger partial charge on any atom is 0.416 e. The van der Waals surface area contributed by atoms with Crippen LogP contribution < -0.4 is 5.32 Å². The maximum atomic E-state index is 12.6. The topological polar surface area (TPSA) is 73.0 Å². The van der Waals surface area contributed by atoms with Gasteiger partial charge in [0, 0.05) is 12.2 Å². The van der Waals surface area contributed by atoms with Crippen LogP contribution in [0, 0.1) is 5.92 Å². The zero-order chi connectivity index (χ0) is 21.0. The molecule has 0 radical (unpaired) electrons. The summed E-state index contributed by atoms with van der Waals surface area (Å²) in [6.45, 7) is 4.75. The Morgan fingerprint density at radius 1 is 1.21 bits per heavy atom. The van der Waals surface area contributed by atoms with Crippen molar-refractivity contribution in [3.8, 4) is 11.6 Å². The first-order valence-electron chi connectivity index (χ1n) is 8.81. The monoisotopic (exact) mass is 424 g/mol. The maximum absolute atomic E-state index is 12.6. The van der Waals surface area contributed by atoms with Gasteiger partial charge < -0.3 is 9.73 Å². The highest BCUT2D eigenvalue weighted by Gasteiger charge is 2.30. The fourth-order valence-electron chi connectivity index (χ4n) is 2.58. The number of nitrogens with zero attached hydrogens (tertiary/aromatic N) is 3. The van der Waals surface area contributed by atoms with Crippen LogP contribution in [0.5, 0.6) is 0 Å². The minimum absolute atomic E-state index is 0.0371. The van der Waals surface area contributed by atoms with E-state index >= 15 is 0 Å². The summed E-state index contributed by atoms with van der Waals surface area (Å²) in [7, 11) is 0. The number of alkyl halides is 3. The molecule has 0 aliphatic carbocycles. The molecule has 0 saturated carbocycles. The Hall–Kier alpha value is -2.75. The molecule has 29 heavy (non-hydrogen) atoms. The molecule has 1 N–H and O–H groups in total. The molecule has 0 saturated heterocycles. The standard InChI is InChI=1S/C19H19F3N4O2S/c1-12(2)10-26-17(15-4-3-9-28-15)24-25-18(26)29-11-16(27)23-14-7-5-13(6-8-14)19(20,21)22/h3-9,12H,10-11H2,1-2H3,(H,23,27). The van der Waals surface area contributed by atoms with Crippen LogP contribution in [-0.4, -0.2) is 26.4 Å². The molecule has 0 spiro atoms. The Morgan fingerprint density at radius 2 is 1.93 bits per heavy atom. The lowest BCUT2D eigenvalue weighted by Crippen LogP contribution is -2.15. The predicted molar refractivity (Wildman–Crippen MR) is 103 cm³/mol. The summed E-state index contributed by atoms with van der Waals surface area (Å²) in [5, 5.41) is 11.5. The van der Waals surface area contributed by atoms with Gasteiger partial charge in [-0.3, -0.25) is 9.36 Å². The van der Waals surface area contributed by atoms with Crippen molar-refractivity contribution in [2.75, 3.05) is 11.1 Å². The molecule has 154 valence electrons. The lowest BCUT2D eigenvalue weighted by atomic mass is 10.2. The molecule has 0 unspecified atom stereocenters. The van der Waals surface area contributed by atoms with Crippen LogP contribution in [0.2, 0.25) is 0 Å². The average molecular weight is 424 g/mol. The van der Waals surface area contributed by atoms with E-state index in [4.69, 9.17) is 4.42 Å². The zero-order valence-electron chi connectivity index (χ0n) is 15.7. The molecule has 0 aliphatic rings. The third-order valence-electron chi connectivity index (χ3n) is 3.83. The van der Waals surface area contributed by atoms with Gasteiger partial charge in [0.25, 0.3) is 0 Å². The largest absolute Gasteiger partial charge is 0.461 e. The van der Waals surface area contributed by atoms with E-state index in [9.17, 15) is 18.0 Å². The number of hydrogen-bond donors (Lipinski definition) is 1. The van der Waals surface area contributed by atoms with E-state index in [1.165, 1.54) is 23.9 Å². The molecule has 10 heteroatoms. The number of thioether (sulfide) groups is 1. The first kappa shape index (κ1) is 21.0. The van der Waals surface area contributed by atoms with Gasteiger partial charge >= 0.3 is 6.18 Å². The molecule has 3 rings (SSSR count). The molecule has 3 aromatic rings. The number of furan rings is 1. The second-order valence-electron chi connectivity index (χ2n) is 6.70. The summed E-state index contributed by atoms with van der Waals surface area (Å²) in [5.41, 5.74) is -0.472. The third-order valence-corrected chi connectivity index (χ3v) is 4.80. The highest BCUT2D eigenvalue weighted by atomic mass is 32.2. The Balaban J connectivity index is 1.65. The molecular formula is C19H19F3N4O2S. The molecule has 2 aromatic heterocycles. The number of rotatable bonds is 7. The van der Waals surface area contributed by atoms with Crippen molar-refractivity contribution in [1.82, 2.24) is 14.8 Å². The number of nitrogens with one attached hydrogen (secondary N) is 1. The molecule has 1 aromatic carbocycles. The number of hydrogen-bond acceptors (Lipinski definition) is 5.